The van der Waals surface area contributed by atoms with Crippen molar-refractivity contribution in [3.63, 3.8) is 0 Å². The van der Waals surface area contributed by atoms with Crippen LogP contribution < -0.4 is 5.32 Å². The lowest BCUT2D eigenvalue weighted by Crippen LogP contribution is -2.57. The number of β-amino-alcohol motifs (C(OH)–C–C–N with tert-alkyl or cyclic N) is 1. The molecule has 1 saturated heterocycles. The van der Waals surface area contributed by atoms with Crippen LogP contribution in [-0.2, 0) is 19.1 Å². The number of nitrogens with one attached hydrogen (secondary N) is 1. The first-order valence-electron chi connectivity index (χ1n) is 8.32. The van der Waals surface area contributed by atoms with Gasteiger partial charge in [-0.2, -0.15) is 0 Å². The third-order valence-corrected chi connectivity index (χ3v) is 3.81. The number of aliphatic hydroxyl groups is 1. The quantitative estimate of drug-likeness (QED) is 0.731. The van der Waals surface area contributed by atoms with Crippen LogP contribution in [0.3, 0.4) is 0 Å². The Hall–Kier alpha value is -1.83. The van der Waals surface area contributed by atoms with Gasteiger partial charge in [-0.15, -0.1) is 0 Å². The van der Waals surface area contributed by atoms with Crippen LogP contribution in [0, 0.1) is 5.41 Å². The summed E-state index contributed by atoms with van der Waals surface area (Å²) in [4.78, 5) is 38.3. The molecule has 1 rings (SSSR count). The fourth-order valence-corrected chi connectivity index (χ4v) is 2.66. The number of alkyl carbamates (subject to hydrolysis) is 1. The van der Waals surface area contributed by atoms with Gasteiger partial charge in [0.05, 0.1) is 13.2 Å². The van der Waals surface area contributed by atoms with Gasteiger partial charge in [0.1, 0.15) is 17.7 Å². The van der Waals surface area contributed by atoms with Crippen LogP contribution in [0.2, 0.25) is 0 Å². The maximum Gasteiger partial charge on any atom is 0.408 e. The minimum absolute atomic E-state index is 0.0151. The van der Waals surface area contributed by atoms with E-state index in [4.69, 9.17) is 9.47 Å². The highest BCUT2D eigenvalue weighted by Gasteiger charge is 2.45. The van der Waals surface area contributed by atoms with Gasteiger partial charge in [0.15, 0.2) is 0 Å². The van der Waals surface area contributed by atoms with Crippen molar-refractivity contribution in [2.45, 2.75) is 71.8 Å². The first-order chi connectivity index (χ1) is 11.3. The Balaban J connectivity index is 3.01. The largest absolute Gasteiger partial charge is 0.467 e. The molecule has 1 unspecified atom stereocenters. The lowest BCUT2D eigenvalue weighted by molar-refractivity contribution is -0.152. The summed E-state index contributed by atoms with van der Waals surface area (Å²) in [6.45, 7) is 10.6. The molecule has 0 aromatic carbocycles. The lowest BCUT2D eigenvalue weighted by atomic mass is 9.85. The van der Waals surface area contributed by atoms with E-state index in [-0.39, 0.29) is 13.0 Å². The molecule has 1 aliphatic rings. The molecule has 144 valence electrons. The van der Waals surface area contributed by atoms with Gasteiger partial charge in [-0.1, -0.05) is 20.8 Å². The summed E-state index contributed by atoms with van der Waals surface area (Å²) in [7, 11) is 1.23. The number of hydrogen-bond donors (Lipinski definition) is 2. The van der Waals surface area contributed by atoms with Crippen molar-refractivity contribution in [2.75, 3.05) is 13.7 Å². The summed E-state index contributed by atoms with van der Waals surface area (Å²) < 4.78 is 9.95. The molecule has 1 aliphatic heterocycles. The molecule has 0 radical (unpaired) electrons. The second-order valence-electron chi connectivity index (χ2n) is 8.36. The van der Waals surface area contributed by atoms with E-state index in [0.29, 0.717) is 0 Å². The van der Waals surface area contributed by atoms with Gasteiger partial charge in [-0.3, -0.25) is 4.79 Å². The zero-order valence-corrected chi connectivity index (χ0v) is 16.1. The maximum atomic E-state index is 13.0. The molecule has 0 aliphatic carbocycles. The molecule has 8 heteroatoms. The standard InChI is InChI=1S/C17H30N2O6/c1-16(2,3)12(18-15(23)25-17(4,5)6)13(21)19-9-10(20)8-11(19)14(22)24-7/h10-12,20H,8-9H2,1-7H3,(H,18,23)/t10-,11?,12-/m1/s1. The fourth-order valence-electron chi connectivity index (χ4n) is 2.66. The summed E-state index contributed by atoms with van der Waals surface area (Å²) in [6, 6.07) is -1.78. The van der Waals surface area contributed by atoms with E-state index in [1.54, 1.807) is 41.5 Å². The average Bonchev–Trinajstić information content (AvgIpc) is 2.82. The minimum Gasteiger partial charge on any atom is -0.467 e. The number of carbonyl (C=O) groups excluding carboxylic acids is 3. The van der Waals surface area contributed by atoms with Crippen LogP contribution in [0.4, 0.5) is 4.79 Å². The highest BCUT2D eigenvalue weighted by atomic mass is 16.6. The summed E-state index contributed by atoms with van der Waals surface area (Å²) in [5.41, 5.74) is -1.32. The van der Waals surface area contributed by atoms with Gasteiger partial charge in [-0.25, -0.2) is 9.59 Å². The second-order valence-corrected chi connectivity index (χ2v) is 8.36. The number of hydrogen-bond acceptors (Lipinski definition) is 6. The van der Waals surface area contributed by atoms with E-state index < -0.39 is 47.2 Å². The van der Waals surface area contributed by atoms with Crippen molar-refractivity contribution in [1.29, 1.82) is 0 Å². The summed E-state index contributed by atoms with van der Waals surface area (Å²) in [5, 5.41) is 12.5. The van der Waals surface area contributed by atoms with Crippen LogP contribution in [0.5, 0.6) is 0 Å². The maximum absolute atomic E-state index is 13.0. The van der Waals surface area contributed by atoms with Crippen LogP contribution in [0.1, 0.15) is 48.0 Å². The van der Waals surface area contributed by atoms with Gasteiger partial charge >= 0.3 is 12.1 Å². The third-order valence-electron chi connectivity index (χ3n) is 3.81. The van der Waals surface area contributed by atoms with Gasteiger partial charge < -0.3 is 24.8 Å². The first-order valence-corrected chi connectivity index (χ1v) is 8.32. The molecule has 0 bridgehead atoms. The Bertz CT molecular complexity index is 520. The van der Waals surface area contributed by atoms with Crippen LogP contribution in [0.25, 0.3) is 0 Å². The van der Waals surface area contributed by atoms with Crippen LogP contribution >= 0.6 is 0 Å². The zero-order valence-electron chi connectivity index (χ0n) is 16.1. The van der Waals surface area contributed by atoms with Gasteiger partial charge in [0, 0.05) is 13.0 Å². The van der Waals surface area contributed by atoms with E-state index in [2.05, 4.69) is 5.32 Å². The normalized spacial score (nSPS) is 22.3. The molecule has 2 amide bonds. The Morgan fingerprint density at radius 1 is 1.16 bits per heavy atom. The predicted octanol–water partition coefficient (Wildman–Crippen LogP) is 1.06. The molecule has 8 nitrogen and oxygen atoms in total. The SMILES string of the molecule is COC(=O)C1C[C@@H](O)CN1C(=O)[C@@H](NC(=O)OC(C)(C)C)C(C)(C)C. The number of likely N-dealkylation sites (tertiary alicyclic amines) is 1. The summed E-state index contributed by atoms with van der Waals surface area (Å²) >= 11 is 0. The number of aliphatic hydroxyl groups excluding tert-OH is 1. The topological polar surface area (TPSA) is 105 Å². The van der Waals surface area contributed by atoms with E-state index in [1.807, 2.05) is 0 Å². The third kappa shape index (κ3) is 5.88. The second kappa shape index (κ2) is 7.59. The monoisotopic (exact) mass is 358 g/mol. The summed E-state index contributed by atoms with van der Waals surface area (Å²) in [5.74, 6) is -1.04. The van der Waals surface area contributed by atoms with Crippen LogP contribution in [-0.4, -0.2) is 65.4 Å². The highest BCUT2D eigenvalue weighted by Crippen LogP contribution is 2.26. The molecule has 0 aromatic heterocycles. The van der Waals surface area contributed by atoms with Gasteiger partial charge in [-0.05, 0) is 26.2 Å². The van der Waals surface area contributed by atoms with Crippen molar-refractivity contribution < 1.29 is 29.0 Å². The molecule has 2 N–H and O–H groups in total. The predicted molar refractivity (Wildman–Crippen MR) is 90.8 cm³/mol. The molecule has 0 aromatic rings. The molecule has 1 fully saturated rings. The number of nitrogens with zero attached hydrogens (tertiary/aromatic N) is 1. The lowest BCUT2D eigenvalue weighted by Gasteiger charge is -2.35. The van der Waals surface area contributed by atoms with Crippen molar-refractivity contribution >= 4 is 18.0 Å². The Labute approximate surface area is 148 Å². The van der Waals surface area contributed by atoms with Crippen molar-refractivity contribution in [3.8, 4) is 0 Å². The van der Waals surface area contributed by atoms with Crippen LogP contribution in [0.15, 0.2) is 0 Å². The number of esters is 1. The molecule has 0 saturated carbocycles. The van der Waals surface area contributed by atoms with Gasteiger partial charge in [0.25, 0.3) is 0 Å². The number of ether oxygens (including phenoxy) is 2. The van der Waals surface area contributed by atoms with Gasteiger partial charge in [0.2, 0.25) is 5.91 Å². The Morgan fingerprint density at radius 3 is 2.16 bits per heavy atom. The zero-order chi connectivity index (χ0) is 19.6. The number of methoxy groups -OCH3 is 1. The van der Waals surface area contributed by atoms with Crippen molar-refractivity contribution in [3.05, 3.63) is 0 Å². The summed E-state index contributed by atoms with van der Waals surface area (Å²) in [6.07, 6.45) is -1.41. The Kier molecular flexibility index (Phi) is 6.44. The first kappa shape index (κ1) is 21.2. The fraction of sp³-hybridized carbons (Fsp3) is 0.824. The minimum atomic E-state index is -0.917. The van der Waals surface area contributed by atoms with E-state index >= 15 is 0 Å². The van der Waals surface area contributed by atoms with Crippen molar-refractivity contribution in [1.82, 2.24) is 10.2 Å². The molecular weight excluding hydrogens is 328 g/mol. The van der Waals surface area contributed by atoms with E-state index in [1.165, 1.54) is 12.0 Å². The smallest absolute Gasteiger partial charge is 0.408 e. The molecule has 0 spiro atoms. The Morgan fingerprint density at radius 2 is 1.72 bits per heavy atom. The molecule has 25 heavy (non-hydrogen) atoms. The average molecular weight is 358 g/mol. The number of carbonyl (C=O) groups is 3. The molecule has 3 atom stereocenters. The molecule has 1 heterocycles. The van der Waals surface area contributed by atoms with E-state index in [0.717, 1.165) is 0 Å². The number of amides is 2. The van der Waals surface area contributed by atoms with E-state index in [9.17, 15) is 19.5 Å². The molecular formula is C17H30N2O6. The number of rotatable bonds is 3. The van der Waals surface area contributed by atoms with Crippen molar-refractivity contribution in [2.24, 2.45) is 5.41 Å². The highest BCUT2D eigenvalue weighted by molar-refractivity contribution is 5.91.